The summed E-state index contributed by atoms with van der Waals surface area (Å²) >= 11 is 0. The Morgan fingerprint density at radius 2 is 1.53 bits per heavy atom. The van der Waals surface area contributed by atoms with Crippen LogP contribution in [0.2, 0.25) is 0 Å². The van der Waals surface area contributed by atoms with Crippen molar-refractivity contribution in [2.24, 2.45) is 10.7 Å². The summed E-state index contributed by atoms with van der Waals surface area (Å²) < 4.78 is 39.7. The number of halogens is 2. The molecule has 0 aromatic heterocycles. The summed E-state index contributed by atoms with van der Waals surface area (Å²) in [5, 5.41) is 0. The number of nitrogens with zero attached hydrogens (tertiary/aromatic N) is 2. The number of amidine groups is 1. The van der Waals surface area contributed by atoms with E-state index in [1.54, 1.807) is 12.1 Å². The minimum absolute atomic E-state index is 0.0996. The molecule has 1 amide bonds. The van der Waals surface area contributed by atoms with Crippen LogP contribution in [0.25, 0.3) is 11.1 Å². The van der Waals surface area contributed by atoms with Gasteiger partial charge in [-0.05, 0) is 61.2 Å². The number of ether oxygens (including phenoxy) is 2. The summed E-state index contributed by atoms with van der Waals surface area (Å²) in [6, 6.07) is 12.6. The van der Waals surface area contributed by atoms with Crippen LogP contribution in [0, 0.1) is 11.6 Å². The normalized spacial score (nSPS) is 14.0. The van der Waals surface area contributed by atoms with Gasteiger partial charge in [-0.2, -0.15) is 4.99 Å². The van der Waals surface area contributed by atoms with Gasteiger partial charge in [-0.15, -0.1) is 0 Å². The van der Waals surface area contributed by atoms with Crippen LogP contribution < -0.4 is 25.8 Å². The first-order valence-electron chi connectivity index (χ1n) is 11.6. The van der Waals surface area contributed by atoms with Crippen LogP contribution in [0.15, 0.2) is 53.5 Å². The quantitative estimate of drug-likeness (QED) is 0.291. The number of amides is 1. The van der Waals surface area contributed by atoms with Gasteiger partial charge in [0.25, 0.3) is 5.91 Å². The lowest BCUT2D eigenvalue weighted by Gasteiger charge is -2.28. The molecule has 1 saturated heterocycles. The third kappa shape index (κ3) is 4.95. The molecule has 1 fully saturated rings. The number of hydrogen-bond acceptors (Lipinski definition) is 5. The number of nitrogen functional groups attached to an aromatic ring is 1. The van der Waals surface area contributed by atoms with Crippen LogP contribution in [-0.4, -0.2) is 39.1 Å². The van der Waals surface area contributed by atoms with Crippen molar-refractivity contribution in [3.63, 3.8) is 0 Å². The van der Waals surface area contributed by atoms with E-state index in [-0.39, 0.29) is 39.7 Å². The van der Waals surface area contributed by atoms with Gasteiger partial charge < -0.3 is 25.8 Å². The van der Waals surface area contributed by atoms with E-state index >= 15 is 0 Å². The summed E-state index contributed by atoms with van der Waals surface area (Å²) in [5.74, 6) is -2.77. The van der Waals surface area contributed by atoms with Gasteiger partial charge in [0.2, 0.25) is 0 Å². The van der Waals surface area contributed by atoms with Crippen LogP contribution >= 0.6 is 0 Å². The molecule has 7 nitrogen and oxygen atoms in total. The maximum atomic E-state index is 14.9. The number of benzene rings is 3. The average molecular weight is 495 g/mol. The van der Waals surface area contributed by atoms with Crippen LogP contribution in [0.5, 0.6) is 11.5 Å². The van der Waals surface area contributed by atoms with Crippen molar-refractivity contribution in [3.8, 4) is 22.6 Å². The predicted octanol–water partition coefficient (Wildman–Crippen LogP) is 4.77. The zero-order chi connectivity index (χ0) is 25.8. The number of anilines is 2. The van der Waals surface area contributed by atoms with Crippen molar-refractivity contribution in [2.45, 2.75) is 19.3 Å². The molecular formula is C27H28F2N4O3. The Balaban J connectivity index is 1.59. The highest BCUT2D eigenvalue weighted by Crippen LogP contribution is 2.38. The molecule has 0 saturated carbocycles. The highest BCUT2D eigenvalue weighted by atomic mass is 19.1. The Labute approximate surface area is 208 Å². The van der Waals surface area contributed by atoms with Crippen LogP contribution in [-0.2, 0) is 0 Å². The Hall–Kier alpha value is -4.14. The summed E-state index contributed by atoms with van der Waals surface area (Å²) in [5.41, 5.74) is 13.8. The highest BCUT2D eigenvalue weighted by molar-refractivity contribution is 6.11. The van der Waals surface area contributed by atoms with Gasteiger partial charge in [-0.3, -0.25) is 4.79 Å². The van der Waals surface area contributed by atoms with E-state index in [9.17, 15) is 13.6 Å². The number of piperidine rings is 1. The molecule has 1 aliphatic heterocycles. The van der Waals surface area contributed by atoms with Gasteiger partial charge in [0.1, 0.15) is 5.84 Å². The maximum Gasteiger partial charge on any atom is 0.278 e. The van der Waals surface area contributed by atoms with E-state index in [2.05, 4.69) is 9.89 Å². The van der Waals surface area contributed by atoms with Crippen molar-refractivity contribution in [2.75, 3.05) is 37.9 Å². The zero-order valence-electron chi connectivity index (χ0n) is 20.2. The number of aliphatic imine (C=N–C) groups is 1. The minimum atomic E-state index is -0.896. The fourth-order valence-corrected chi connectivity index (χ4v) is 4.29. The number of carbonyl (C=O) groups is 1. The van der Waals surface area contributed by atoms with Gasteiger partial charge in [0.15, 0.2) is 23.1 Å². The SMILES string of the molecule is COc1cc(OC)c(F)c(-c2ccc(C(N)=NC(=O)c3ccc(N4CCCCC4)cc3)c(N)c2)c1F. The van der Waals surface area contributed by atoms with Crippen LogP contribution in [0.4, 0.5) is 20.2 Å². The second-order valence-electron chi connectivity index (χ2n) is 8.48. The van der Waals surface area contributed by atoms with Crippen molar-refractivity contribution in [1.82, 2.24) is 0 Å². The van der Waals surface area contributed by atoms with E-state index in [0.717, 1.165) is 37.7 Å². The maximum absolute atomic E-state index is 14.9. The molecule has 3 aromatic carbocycles. The predicted molar refractivity (Wildman–Crippen MR) is 137 cm³/mol. The topological polar surface area (TPSA) is 103 Å². The van der Waals surface area contributed by atoms with Crippen LogP contribution in [0.1, 0.15) is 35.2 Å². The lowest BCUT2D eigenvalue weighted by atomic mass is 10.00. The van der Waals surface area contributed by atoms with Crippen LogP contribution in [0.3, 0.4) is 0 Å². The van der Waals surface area contributed by atoms with Crippen molar-refractivity contribution in [3.05, 3.63) is 71.3 Å². The monoisotopic (exact) mass is 494 g/mol. The molecule has 0 aliphatic carbocycles. The van der Waals surface area contributed by atoms with Gasteiger partial charge in [-0.25, -0.2) is 8.78 Å². The first-order valence-corrected chi connectivity index (χ1v) is 11.6. The summed E-state index contributed by atoms with van der Waals surface area (Å²) in [6.07, 6.45) is 3.56. The van der Waals surface area contributed by atoms with Crippen molar-refractivity contribution < 1.29 is 23.0 Å². The van der Waals surface area contributed by atoms with E-state index in [1.165, 1.54) is 38.8 Å². The minimum Gasteiger partial charge on any atom is -0.494 e. The Kier molecular flexibility index (Phi) is 7.38. The number of methoxy groups -OCH3 is 2. The second kappa shape index (κ2) is 10.6. The molecule has 0 bridgehead atoms. The molecule has 9 heteroatoms. The molecule has 1 aliphatic rings. The number of rotatable bonds is 6. The Morgan fingerprint density at radius 1 is 0.917 bits per heavy atom. The van der Waals surface area contributed by atoms with E-state index in [1.807, 2.05) is 12.1 Å². The van der Waals surface area contributed by atoms with E-state index < -0.39 is 17.5 Å². The van der Waals surface area contributed by atoms with Gasteiger partial charge in [-0.1, -0.05) is 6.07 Å². The molecule has 0 radical (unpaired) electrons. The number of carbonyl (C=O) groups excluding carboxylic acids is 1. The average Bonchev–Trinajstić information content (AvgIpc) is 2.89. The third-order valence-electron chi connectivity index (χ3n) is 6.25. The molecule has 0 atom stereocenters. The molecule has 188 valence electrons. The van der Waals surface area contributed by atoms with E-state index in [4.69, 9.17) is 20.9 Å². The smallest absolute Gasteiger partial charge is 0.278 e. The van der Waals surface area contributed by atoms with Gasteiger partial charge >= 0.3 is 0 Å². The second-order valence-corrected chi connectivity index (χ2v) is 8.48. The third-order valence-corrected chi connectivity index (χ3v) is 6.25. The largest absolute Gasteiger partial charge is 0.494 e. The molecule has 4 N–H and O–H groups in total. The zero-order valence-corrected chi connectivity index (χ0v) is 20.2. The lowest BCUT2D eigenvalue weighted by Crippen LogP contribution is -2.29. The Bertz CT molecular complexity index is 1280. The summed E-state index contributed by atoms with van der Waals surface area (Å²) in [7, 11) is 2.54. The molecule has 36 heavy (non-hydrogen) atoms. The van der Waals surface area contributed by atoms with Crippen molar-refractivity contribution in [1.29, 1.82) is 0 Å². The van der Waals surface area contributed by atoms with E-state index in [0.29, 0.717) is 5.56 Å². The number of nitrogens with two attached hydrogens (primary N) is 2. The Morgan fingerprint density at radius 3 is 2.08 bits per heavy atom. The summed E-state index contributed by atoms with van der Waals surface area (Å²) in [6.45, 7) is 2.01. The first-order chi connectivity index (χ1) is 17.3. The molecule has 4 rings (SSSR count). The number of hydrogen-bond donors (Lipinski definition) is 2. The fourth-order valence-electron chi connectivity index (χ4n) is 4.29. The lowest BCUT2D eigenvalue weighted by molar-refractivity contribution is 0.100. The highest BCUT2D eigenvalue weighted by Gasteiger charge is 2.22. The molecule has 0 unspecified atom stereocenters. The first kappa shape index (κ1) is 25.0. The standard InChI is InChI=1S/C27H28F2N4O3/c1-35-21-15-22(36-2)25(29)23(24(21)28)17-8-11-19(20(30)14-17)26(31)32-27(34)16-6-9-18(10-7-16)33-12-4-3-5-13-33/h6-11,14-15H,3-5,12-13,30H2,1-2H3,(H2,31,32,34). The summed E-state index contributed by atoms with van der Waals surface area (Å²) in [4.78, 5) is 19.0. The molecule has 0 spiro atoms. The molecular weight excluding hydrogens is 466 g/mol. The van der Waals surface area contributed by atoms with Gasteiger partial charge in [0, 0.05) is 41.7 Å². The fraction of sp³-hybridized carbons (Fsp3) is 0.259. The van der Waals surface area contributed by atoms with Gasteiger partial charge in [0.05, 0.1) is 19.8 Å². The molecule has 1 heterocycles. The van der Waals surface area contributed by atoms with Crippen molar-refractivity contribution >= 4 is 23.1 Å². The molecule has 3 aromatic rings.